The van der Waals surface area contributed by atoms with Crippen LogP contribution in [0.5, 0.6) is 5.75 Å². The molecule has 0 saturated heterocycles. The fourth-order valence-corrected chi connectivity index (χ4v) is 5.59. The van der Waals surface area contributed by atoms with Crippen molar-refractivity contribution in [3.63, 3.8) is 0 Å². The number of benzene rings is 1. The Morgan fingerprint density at radius 2 is 1.96 bits per heavy atom. The van der Waals surface area contributed by atoms with Gasteiger partial charge < -0.3 is 4.74 Å². The van der Waals surface area contributed by atoms with Crippen LogP contribution in [0.4, 0.5) is 0 Å². The van der Waals surface area contributed by atoms with E-state index < -0.39 is 0 Å². The summed E-state index contributed by atoms with van der Waals surface area (Å²) >= 11 is 0. The van der Waals surface area contributed by atoms with Crippen LogP contribution in [0.3, 0.4) is 0 Å². The SMILES string of the molecule is CCOc1ccc(C2=C[C@]34CCCC[C@H]3[C@@]2(N(C)C)CC4=O)cc1. The Morgan fingerprint density at radius 3 is 2.62 bits per heavy atom. The first-order chi connectivity index (χ1) is 11.5. The van der Waals surface area contributed by atoms with Gasteiger partial charge in [0, 0.05) is 6.42 Å². The number of hydrogen-bond acceptors (Lipinski definition) is 3. The van der Waals surface area contributed by atoms with E-state index in [0.717, 1.165) is 12.2 Å². The average Bonchev–Trinajstić information content (AvgIpc) is 3.02. The normalized spacial score (nSPS) is 34.4. The Kier molecular flexibility index (Phi) is 3.61. The number of carbonyl (C=O) groups is 1. The molecule has 24 heavy (non-hydrogen) atoms. The molecule has 1 aromatic carbocycles. The second-order valence-electron chi connectivity index (χ2n) is 7.77. The van der Waals surface area contributed by atoms with Crippen LogP contribution < -0.4 is 4.74 Å². The summed E-state index contributed by atoms with van der Waals surface area (Å²) in [6.07, 6.45) is 7.65. The molecule has 1 aromatic rings. The molecule has 3 aliphatic carbocycles. The first-order valence-electron chi connectivity index (χ1n) is 9.22. The number of ether oxygens (including phenoxy) is 1. The molecular formula is C21H27NO2. The Hall–Kier alpha value is -1.61. The van der Waals surface area contributed by atoms with Crippen LogP contribution in [0.25, 0.3) is 5.57 Å². The third-order valence-corrected chi connectivity index (χ3v) is 6.62. The van der Waals surface area contributed by atoms with Crippen molar-refractivity contribution >= 4 is 11.4 Å². The van der Waals surface area contributed by atoms with Gasteiger partial charge in [0.15, 0.2) is 0 Å². The Labute approximate surface area is 144 Å². The fraction of sp³-hybridized carbons (Fsp3) is 0.571. The summed E-state index contributed by atoms with van der Waals surface area (Å²) in [4.78, 5) is 15.2. The highest BCUT2D eigenvalue weighted by Gasteiger charge is 2.68. The number of nitrogens with zero attached hydrogens (tertiary/aromatic N) is 1. The summed E-state index contributed by atoms with van der Waals surface area (Å²) in [5.74, 6) is 1.83. The van der Waals surface area contributed by atoms with Gasteiger partial charge >= 0.3 is 0 Å². The van der Waals surface area contributed by atoms with E-state index in [-0.39, 0.29) is 11.0 Å². The van der Waals surface area contributed by atoms with E-state index in [1.165, 1.54) is 30.4 Å². The maximum absolute atomic E-state index is 12.9. The standard InChI is InChI=1S/C21H27NO2/c1-4-24-16-10-8-15(9-11-16)17-13-20-12-6-5-7-18(20)21(17,22(2)3)14-19(20)23/h8-11,13,18H,4-7,12,14H2,1-3H3/t18-,20-,21-/m1/s1. The van der Waals surface area contributed by atoms with Crippen molar-refractivity contribution in [3.05, 3.63) is 35.9 Å². The molecule has 2 saturated carbocycles. The molecule has 0 radical (unpaired) electrons. The third kappa shape index (κ3) is 1.91. The van der Waals surface area contributed by atoms with Crippen molar-refractivity contribution in [2.45, 2.75) is 44.6 Å². The minimum atomic E-state index is -0.198. The van der Waals surface area contributed by atoms with Crippen LogP contribution in [0.1, 0.15) is 44.6 Å². The zero-order valence-corrected chi connectivity index (χ0v) is 15.0. The molecule has 3 nitrogen and oxygen atoms in total. The fourth-order valence-electron chi connectivity index (χ4n) is 5.59. The molecule has 3 atom stereocenters. The number of rotatable bonds is 4. The highest BCUT2D eigenvalue weighted by Crippen LogP contribution is 2.66. The number of carbonyl (C=O) groups excluding carboxylic acids is 1. The summed E-state index contributed by atoms with van der Waals surface area (Å²) in [6.45, 7) is 2.69. The monoisotopic (exact) mass is 325 g/mol. The van der Waals surface area contributed by atoms with E-state index >= 15 is 0 Å². The number of likely N-dealkylation sites (N-methyl/N-ethyl adjacent to an activating group) is 1. The molecule has 2 bridgehead atoms. The number of hydrogen-bond donors (Lipinski definition) is 0. The Bertz CT molecular complexity index is 690. The van der Waals surface area contributed by atoms with Crippen LogP contribution in [0.2, 0.25) is 0 Å². The van der Waals surface area contributed by atoms with Crippen molar-refractivity contribution in [2.75, 3.05) is 20.7 Å². The molecule has 2 fully saturated rings. The molecule has 4 rings (SSSR count). The van der Waals surface area contributed by atoms with Gasteiger partial charge in [-0.05, 0) is 63.0 Å². The van der Waals surface area contributed by atoms with Gasteiger partial charge in [0.2, 0.25) is 0 Å². The van der Waals surface area contributed by atoms with E-state index in [1.807, 2.05) is 6.92 Å². The van der Waals surface area contributed by atoms with Crippen molar-refractivity contribution in [2.24, 2.45) is 11.3 Å². The summed E-state index contributed by atoms with van der Waals surface area (Å²) in [6, 6.07) is 8.43. The summed E-state index contributed by atoms with van der Waals surface area (Å²) in [7, 11) is 4.29. The molecule has 0 aromatic heterocycles. The smallest absolute Gasteiger partial charge is 0.145 e. The predicted molar refractivity (Wildman–Crippen MR) is 96.0 cm³/mol. The van der Waals surface area contributed by atoms with Crippen LogP contribution in [-0.4, -0.2) is 36.9 Å². The predicted octanol–water partition coefficient (Wildman–Crippen LogP) is 3.93. The lowest BCUT2D eigenvalue weighted by molar-refractivity contribution is -0.125. The lowest BCUT2D eigenvalue weighted by Crippen LogP contribution is -2.48. The molecular weight excluding hydrogens is 298 g/mol. The van der Waals surface area contributed by atoms with Gasteiger partial charge in [-0.2, -0.15) is 0 Å². The lowest BCUT2D eigenvalue weighted by Gasteiger charge is -2.43. The summed E-state index contributed by atoms with van der Waals surface area (Å²) in [5, 5.41) is 0. The van der Waals surface area contributed by atoms with Crippen molar-refractivity contribution < 1.29 is 9.53 Å². The number of Topliss-reactive ketones (excluding diaryl/α,β-unsaturated/α-hetero) is 1. The van der Waals surface area contributed by atoms with E-state index in [9.17, 15) is 4.79 Å². The minimum Gasteiger partial charge on any atom is -0.494 e. The lowest BCUT2D eigenvalue weighted by atomic mass is 9.68. The molecule has 0 spiro atoms. The third-order valence-electron chi connectivity index (χ3n) is 6.62. The largest absolute Gasteiger partial charge is 0.494 e. The van der Waals surface area contributed by atoms with Gasteiger partial charge in [0.05, 0.1) is 17.6 Å². The first kappa shape index (κ1) is 15.9. The van der Waals surface area contributed by atoms with Crippen LogP contribution in [0, 0.1) is 11.3 Å². The van der Waals surface area contributed by atoms with Crippen molar-refractivity contribution in [1.29, 1.82) is 0 Å². The molecule has 0 heterocycles. The van der Waals surface area contributed by atoms with Crippen molar-refractivity contribution in [1.82, 2.24) is 4.90 Å². The molecule has 3 heteroatoms. The second-order valence-corrected chi connectivity index (χ2v) is 7.77. The zero-order chi connectivity index (χ0) is 16.9. The topological polar surface area (TPSA) is 29.5 Å². The van der Waals surface area contributed by atoms with Crippen LogP contribution in [0.15, 0.2) is 30.3 Å². The van der Waals surface area contributed by atoms with Gasteiger partial charge in [-0.1, -0.05) is 31.1 Å². The van der Waals surface area contributed by atoms with E-state index in [1.54, 1.807) is 0 Å². The highest BCUT2D eigenvalue weighted by atomic mass is 16.5. The van der Waals surface area contributed by atoms with E-state index in [0.29, 0.717) is 24.7 Å². The van der Waals surface area contributed by atoms with Crippen LogP contribution in [-0.2, 0) is 4.79 Å². The van der Waals surface area contributed by atoms with Gasteiger partial charge in [-0.3, -0.25) is 9.69 Å². The zero-order valence-electron chi connectivity index (χ0n) is 15.0. The molecule has 0 N–H and O–H groups in total. The van der Waals surface area contributed by atoms with Crippen molar-refractivity contribution in [3.8, 4) is 5.75 Å². The number of allylic oxidation sites excluding steroid dienone is 1. The molecule has 0 unspecified atom stereocenters. The summed E-state index contributed by atoms with van der Waals surface area (Å²) in [5.41, 5.74) is 2.29. The number of ketones is 1. The van der Waals surface area contributed by atoms with Gasteiger partial charge in [0.1, 0.15) is 11.5 Å². The van der Waals surface area contributed by atoms with Gasteiger partial charge in [0.25, 0.3) is 0 Å². The summed E-state index contributed by atoms with van der Waals surface area (Å²) < 4.78 is 5.58. The maximum atomic E-state index is 12.9. The highest BCUT2D eigenvalue weighted by molar-refractivity contribution is 6.01. The quantitative estimate of drug-likeness (QED) is 0.840. The average molecular weight is 325 g/mol. The molecule has 3 aliphatic rings. The molecule has 128 valence electrons. The second kappa shape index (κ2) is 5.45. The van der Waals surface area contributed by atoms with Crippen LogP contribution >= 0.6 is 0 Å². The molecule has 0 aliphatic heterocycles. The van der Waals surface area contributed by atoms with Gasteiger partial charge in [-0.25, -0.2) is 0 Å². The first-order valence-corrected chi connectivity index (χ1v) is 9.22. The Balaban J connectivity index is 1.81. The Morgan fingerprint density at radius 1 is 1.21 bits per heavy atom. The maximum Gasteiger partial charge on any atom is 0.145 e. The van der Waals surface area contributed by atoms with Gasteiger partial charge in [-0.15, -0.1) is 0 Å². The van der Waals surface area contributed by atoms with E-state index in [4.69, 9.17) is 4.74 Å². The van der Waals surface area contributed by atoms with E-state index in [2.05, 4.69) is 49.3 Å². The molecule has 0 amide bonds. The minimum absolute atomic E-state index is 0.120.